The van der Waals surface area contributed by atoms with E-state index in [4.69, 9.17) is 4.74 Å². The molecule has 4 nitrogen and oxygen atoms in total. The van der Waals surface area contributed by atoms with E-state index < -0.39 is 17.9 Å². The molecule has 5 heteroatoms. The van der Waals surface area contributed by atoms with Crippen LogP contribution in [0.3, 0.4) is 0 Å². The van der Waals surface area contributed by atoms with Gasteiger partial charge < -0.3 is 9.84 Å². The van der Waals surface area contributed by atoms with Gasteiger partial charge in [0.2, 0.25) is 5.72 Å². The van der Waals surface area contributed by atoms with Gasteiger partial charge in [-0.05, 0) is 17.0 Å². The quantitative estimate of drug-likeness (QED) is 0.763. The minimum atomic E-state index is -1.57. The minimum absolute atomic E-state index is 0.297. The van der Waals surface area contributed by atoms with E-state index in [1.807, 2.05) is 78.2 Å². The number of benzene rings is 2. The topological polar surface area (TPSA) is 49.8 Å². The number of cyclic esters (lactones) is 1. The molecule has 0 bridgehead atoms. The van der Waals surface area contributed by atoms with Gasteiger partial charge in [0.15, 0.2) is 6.10 Å². The Bertz CT molecular complexity index is 851. The maximum atomic E-state index is 12.6. The molecule has 0 spiro atoms. The molecule has 0 saturated carbocycles. The Labute approximate surface area is 149 Å². The molecule has 2 atom stereocenters. The van der Waals surface area contributed by atoms with Gasteiger partial charge in [-0.15, -0.1) is 11.3 Å². The van der Waals surface area contributed by atoms with Crippen LogP contribution < -0.4 is 0 Å². The van der Waals surface area contributed by atoms with Crippen LogP contribution in [0, 0.1) is 0 Å². The maximum Gasteiger partial charge on any atom is 0.413 e. The molecule has 1 fully saturated rings. The fourth-order valence-corrected chi connectivity index (χ4v) is 3.88. The first kappa shape index (κ1) is 15.9. The zero-order chi connectivity index (χ0) is 17.3. The van der Waals surface area contributed by atoms with E-state index >= 15 is 0 Å². The number of nitrogens with zero attached hydrogens (tertiary/aromatic N) is 1. The Hall–Kier alpha value is -2.63. The fourth-order valence-electron chi connectivity index (χ4n) is 3.19. The van der Waals surface area contributed by atoms with Crippen molar-refractivity contribution >= 4 is 17.4 Å². The molecule has 4 rings (SSSR count). The third kappa shape index (κ3) is 2.71. The van der Waals surface area contributed by atoms with Crippen LogP contribution in [0.25, 0.3) is 0 Å². The van der Waals surface area contributed by atoms with E-state index in [1.54, 1.807) is 11.3 Å². The fraction of sp³-hybridized carbons (Fsp3) is 0.150. The van der Waals surface area contributed by atoms with Crippen LogP contribution in [0.5, 0.6) is 0 Å². The number of ether oxygens (including phenoxy) is 1. The molecular weight excluding hydrogens is 334 g/mol. The summed E-state index contributed by atoms with van der Waals surface area (Å²) in [5, 5.41) is 13.6. The van der Waals surface area contributed by atoms with Gasteiger partial charge in [-0.1, -0.05) is 66.7 Å². The number of thiophene rings is 1. The molecule has 2 heterocycles. The summed E-state index contributed by atoms with van der Waals surface area (Å²) >= 11 is 1.54. The van der Waals surface area contributed by atoms with Crippen LogP contribution in [-0.2, 0) is 17.0 Å². The normalized spacial score (nSPS) is 22.8. The molecular formula is C20H17NO3S. The Morgan fingerprint density at radius 1 is 1.00 bits per heavy atom. The number of amides is 1. The van der Waals surface area contributed by atoms with E-state index in [-0.39, 0.29) is 0 Å². The second kappa shape index (κ2) is 6.35. The number of aliphatic hydroxyl groups is 1. The van der Waals surface area contributed by atoms with Crippen molar-refractivity contribution in [1.29, 1.82) is 0 Å². The summed E-state index contributed by atoms with van der Waals surface area (Å²) in [5.41, 5.74) is -0.175. The molecule has 2 aromatic carbocycles. The van der Waals surface area contributed by atoms with Gasteiger partial charge in [0, 0.05) is 10.4 Å². The lowest BCUT2D eigenvalue weighted by Crippen LogP contribution is -2.45. The van der Waals surface area contributed by atoms with Crippen molar-refractivity contribution in [3.8, 4) is 0 Å². The number of carbonyl (C=O) groups excluding carboxylic acids is 1. The van der Waals surface area contributed by atoms with Crippen molar-refractivity contribution in [1.82, 2.24) is 4.90 Å². The van der Waals surface area contributed by atoms with Crippen molar-refractivity contribution in [2.75, 3.05) is 0 Å². The Morgan fingerprint density at radius 3 is 2.32 bits per heavy atom. The second-order valence-electron chi connectivity index (χ2n) is 5.93. The smallest absolute Gasteiger partial charge is 0.413 e. The van der Waals surface area contributed by atoms with Crippen molar-refractivity contribution in [3.05, 3.63) is 94.2 Å². The van der Waals surface area contributed by atoms with E-state index in [9.17, 15) is 9.90 Å². The van der Waals surface area contributed by atoms with Gasteiger partial charge in [0.1, 0.15) is 0 Å². The van der Waals surface area contributed by atoms with Crippen molar-refractivity contribution in [2.24, 2.45) is 0 Å². The molecule has 1 amide bonds. The molecule has 1 N–H and O–H groups in total. The molecule has 1 saturated heterocycles. The standard InChI is InChI=1S/C20H17NO3S/c22-19-21(14-17-12-7-13-25-17)20(23,16-10-5-2-6-11-16)18(24-19)15-8-3-1-4-9-15/h1-13,18,23H,14H2. The molecule has 2 unspecified atom stereocenters. The molecule has 0 aliphatic carbocycles. The first-order chi connectivity index (χ1) is 12.2. The van der Waals surface area contributed by atoms with Gasteiger partial charge >= 0.3 is 6.09 Å². The first-order valence-corrected chi connectivity index (χ1v) is 8.91. The van der Waals surface area contributed by atoms with E-state index in [1.165, 1.54) is 4.90 Å². The maximum absolute atomic E-state index is 12.6. The van der Waals surface area contributed by atoms with Gasteiger partial charge in [0.05, 0.1) is 6.54 Å². The SMILES string of the molecule is O=C1OC(c2ccccc2)C(O)(c2ccccc2)N1Cc1cccs1. The van der Waals surface area contributed by atoms with Crippen molar-refractivity contribution in [2.45, 2.75) is 18.4 Å². The monoisotopic (exact) mass is 351 g/mol. The van der Waals surface area contributed by atoms with E-state index in [2.05, 4.69) is 0 Å². The summed E-state index contributed by atoms with van der Waals surface area (Å²) in [6.45, 7) is 0.297. The third-order valence-corrected chi connectivity index (χ3v) is 5.27. The van der Waals surface area contributed by atoms with Crippen LogP contribution in [0.4, 0.5) is 4.79 Å². The number of carbonyl (C=O) groups is 1. The molecule has 1 aliphatic rings. The number of hydrogen-bond acceptors (Lipinski definition) is 4. The number of rotatable bonds is 4. The highest BCUT2D eigenvalue weighted by Gasteiger charge is 2.56. The summed E-state index contributed by atoms with van der Waals surface area (Å²) < 4.78 is 5.62. The largest absolute Gasteiger partial charge is 0.436 e. The third-order valence-electron chi connectivity index (χ3n) is 4.41. The molecule has 0 radical (unpaired) electrons. The highest BCUT2D eigenvalue weighted by molar-refractivity contribution is 7.09. The summed E-state index contributed by atoms with van der Waals surface area (Å²) in [7, 11) is 0. The lowest BCUT2D eigenvalue weighted by molar-refractivity contribution is -0.112. The van der Waals surface area contributed by atoms with E-state index in [0.29, 0.717) is 12.1 Å². The Balaban J connectivity index is 1.81. The van der Waals surface area contributed by atoms with Gasteiger partial charge in [0.25, 0.3) is 0 Å². The van der Waals surface area contributed by atoms with Crippen LogP contribution in [0.1, 0.15) is 22.1 Å². The van der Waals surface area contributed by atoms with Crippen LogP contribution >= 0.6 is 11.3 Å². The van der Waals surface area contributed by atoms with Gasteiger partial charge in [-0.25, -0.2) is 4.79 Å². The van der Waals surface area contributed by atoms with E-state index in [0.717, 1.165) is 10.4 Å². The Kier molecular flexibility index (Phi) is 4.03. The van der Waals surface area contributed by atoms with Crippen LogP contribution in [-0.4, -0.2) is 16.1 Å². The summed E-state index contributed by atoms with van der Waals surface area (Å²) in [5.74, 6) is 0. The predicted molar refractivity (Wildman–Crippen MR) is 95.9 cm³/mol. The molecule has 3 aromatic rings. The molecule has 1 aliphatic heterocycles. The molecule has 126 valence electrons. The minimum Gasteiger partial charge on any atom is -0.436 e. The summed E-state index contributed by atoms with van der Waals surface area (Å²) in [6, 6.07) is 22.4. The lowest BCUT2D eigenvalue weighted by atomic mass is 9.91. The Morgan fingerprint density at radius 2 is 1.68 bits per heavy atom. The van der Waals surface area contributed by atoms with Crippen molar-refractivity contribution < 1.29 is 14.6 Å². The zero-order valence-corrected chi connectivity index (χ0v) is 14.2. The zero-order valence-electron chi connectivity index (χ0n) is 13.4. The van der Waals surface area contributed by atoms with Gasteiger partial charge in [-0.2, -0.15) is 0 Å². The lowest BCUT2D eigenvalue weighted by Gasteiger charge is -2.34. The van der Waals surface area contributed by atoms with Crippen molar-refractivity contribution in [3.63, 3.8) is 0 Å². The molecule has 25 heavy (non-hydrogen) atoms. The summed E-state index contributed by atoms with van der Waals surface area (Å²) in [4.78, 5) is 15.0. The van der Waals surface area contributed by atoms with Gasteiger partial charge in [-0.3, -0.25) is 4.90 Å². The highest BCUT2D eigenvalue weighted by atomic mass is 32.1. The average molecular weight is 351 g/mol. The average Bonchev–Trinajstić information content (AvgIpc) is 3.26. The highest BCUT2D eigenvalue weighted by Crippen LogP contribution is 2.47. The first-order valence-electron chi connectivity index (χ1n) is 8.03. The molecule has 1 aromatic heterocycles. The number of hydrogen-bond donors (Lipinski definition) is 1. The van der Waals surface area contributed by atoms with Crippen LogP contribution in [0.15, 0.2) is 78.2 Å². The predicted octanol–water partition coefficient (Wildman–Crippen LogP) is 4.29. The van der Waals surface area contributed by atoms with Crippen LogP contribution in [0.2, 0.25) is 0 Å². The summed E-state index contributed by atoms with van der Waals surface area (Å²) in [6.07, 6.45) is -1.31. The second-order valence-corrected chi connectivity index (χ2v) is 6.96.